The molecule has 1 aliphatic rings. The number of hydrogen-bond acceptors (Lipinski definition) is 6. The minimum Gasteiger partial charge on any atom is -0.379 e. The zero-order valence-corrected chi connectivity index (χ0v) is 19.5. The largest absolute Gasteiger partial charge is 0.379 e. The number of likely N-dealkylation sites (N-methyl/N-ethyl adjacent to an activating group) is 1. The summed E-state index contributed by atoms with van der Waals surface area (Å²) in [5.74, 6) is 0.385. The molecule has 2 atom stereocenters. The summed E-state index contributed by atoms with van der Waals surface area (Å²) in [4.78, 5) is 19.1. The van der Waals surface area contributed by atoms with Crippen molar-refractivity contribution in [2.24, 2.45) is 0 Å². The van der Waals surface area contributed by atoms with E-state index in [1.165, 1.54) is 0 Å². The normalized spacial score (nSPS) is 16.4. The average Bonchev–Trinajstić information content (AvgIpc) is 3.23. The third-order valence-corrected chi connectivity index (χ3v) is 6.05. The lowest BCUT2D eigenvalue weighted by Gasteiger charge is -2.38. The van der Waals surface area contributed by atoms with E-state index in [-0.39, 0.29) is 17.8 Å². The molecule has 3 heterocycles. The molecule has 3 aromatic rings. The van der Waals surface area contributed by atoms with Crippen molar-refractivity contribution in [3.63, 3.8) is 0 Å². The number of halogens is 1. The number of amides is 1. The third kappa shape index (κ3) is 4.68. The van der Waals surface area contributed by atoms with Crippen LogP contribution in [0.15, 0.2) is 36.7 Å². The van der Waals surface area contributed by atoms with E-state index in [0.717, 1.165) is 22.5 Å². The first-order chi connectivity index (χ1) is 15.8. The molecule has 0 spiro atoms. The number of nitrogens with zero attached hydrogens (tertiary/aromatic N) is 4. The van der Waals surface area contributed by atoms with E-state index in [4.69, 9.17) is 4.74 Å². The van der Waals surface area contributed by atoms with Crippen molar-refractivity contribution in [3.05, 3.63) is 64.9 Å². The molecule has 2 aromatic heterocycles. The number of pyridine rings is 1. The van der Waals surface area contributed by atoms with Crippen LogP contribution in [0.1, 0.15) is 29.3 Å². The monoisotopic (exact) mass is 452 g/mol. The first kappa shape index (κ1) is 22.7. The summed E-state index contributed by atoms with van der Waals surface area (Å²) in [5.41, 5.74) is 4.80. The van der Waals surface area contributed by atoms with Crippen molar-refractivity contribution in [1.29, 1.82) is 0 Å². The van der Waals surface area contributed by atoms with Crippen LogP contribution in [0.25, 0.3) is 0 Å². The second-order valence-corrected chi connectivity index (χ2v) is 8.46. The van der Waals surface area contributed by atoms with Gasteiger partial charge < -0.3 is 20.3 Å². The molecule has 1 aromatic carbocycles. The summed E-state index contributed by atoms with van der Waals surface area (Å²) >= 11 is 0. The Morgan fingerprint density at radius 3 is 2.79 bits per heavy atom. The molecule has 33 heavy (non-hydrogen) atoms. The lowest BCUT2D eigenvalue weighted by Crippen LogP contribution is -2.52. The van der Waals surface area contributed by atoms with Crippen LogP contribution < -0.4 is 15.5 Å². The molecule has 1 amide bonds. The highest BCUT2D eigenvalue weighted by atomic mass is 19.1. The number of anilines is 3. The summed E-state index contributed by atoms with van der Waals surface area (Å²) in [7, 11) is 3.49. The first-order valence-corrected chi connectivity index (χ1v) is 10.8. The minimum absolute atomic E-state index is 0.106. The van der Waals surface area contributed by atoms with Gasteiger partial charge in [0.15, 0.2) is 0 Å². The summed E-state index contributed by atoms with van der Waals surface area (Å²) in [5, 5.41) is 10.7. The molecule has 174 valence electrons. The molecule has 4 rings (SSSR count). The van der Waals surface area contributed by atoms with Gasteiger partial charge in [-0.15, -0.1) is 0 Å². The van der Waals surface area contributed by atoms with Crippen LogP contribution in [0, 0.1) is 19.7 Å². The maximum absolute atomic E-state index is 13.8. The standard InChI is InChI=1S/C24H29FN6O2/c1-14-6-7-17(8-19(14)25)12-31-13-18(11-27-31)10-26-21-9-20-22(15(2)28-21)29-24(32)23(30(20)4)16(3)33-5/h6-9,11,13,16,23H,10,12H2,1-5H3,(H,26,28)(H,29,32)/t16-,23+/m1/s1. The molecule has 0 saturated heterocycles. The van der Waals surface area contributed by atoms with Gasteiger partial charge in [0.2, 0.25) is 5.91 Å². The molecule has 0 radical (unpaired) electrons. The fraction of sp³-hybridized carbons (Fsp3) is 0.375. The number of hydrogen-bond donors (Lipinski definition) is 2. The SMILES string of the molecule is CO[C@H](C)[C@H]1C(=O)Nc2c(cc(NCc3cnn(Cc4ccc(C)c(F)c4)c3)nc2C)N1C. The number of nitrogens with one attached hydrogen (secondary N) is 2. The van der Waals surface area contributed by atoms with E-state index in [9.17, 15) is 9.18 Å². The number of aryl methyl sites for hydroxylation is 2. The Bertz CT molecular complexity index is 1180. The first-order valence-electron chi connectivity index (χ1n) is 10.8. The topological polar surface area (TPSA) is 84.3 Å². The van der Waals surface area contributed by atoms with Gasteiger partial charge in [0.05, 0.1) is 35.9 Å². The second kappa shape index (κ2) is 9.19. The number of carbonyl (C=O) groups excluding carboxylic acids is 1. The van der Waals surface area contributed by atoms with E-state index < -0.39 is 6.04 Å². The third-order valence-electron chi connectivity index (χ3n) is 6.05. The Balaban J connectivity index is 1.46. The maximum atomic E-state index is 13.8. The molecule has 1 aliphatic heterocycles. The van der Waals surface area contributed by atoms with Crippen LogP contribution in [0.5, 0.6) is 0 Å². The van der Waals surface area contributed by atoms with Gasteiger partial charge in [0, 0.05) is 38.5 Å². The van der Waals surface area contributed by atoms with Crippen LogP contribution in [0.4, 0.5) is 21.6 Å². The lowest BCUT2D eigenvalue weighted by atomic mass is 10.0. The number of aromatic nitrogens is 3. The average molecular weight is 453 g/mol. The summed E-state index contributed by atoms with van der Waals surface area (Å²) in [6.45, 7) is 6.52. The zero-order valence-electron chi connectivity index (χ0n) is 19.5. The number of rotatable bonds is 7. The minimum atomic E-state index is -0.429. The van der Waals surface area contributed by atoms with Crippen LogP contribution in [-0.4, -0.2) is 47.0 Å². The van der Waals surface area contributed by atoms with E-state index in [2.05, 4.69) is 20.7 Å². The number of fused-ring (bicyclic) bond motifs is 1. The zero-order chi connectivity index (χ0) is 23.7. The Hall–Kier alpha value is -3.46. The van der Waals surface area contributed by atoms with Gasteiger partial charge in [0.1, 0.15) is 17.7 Å². The molecule has 0 bridgehead atoms. The summed E-state index contributed by atoms with van der Waals surface area (Å²) in [6, 6.07) is 6.73. The van der Waals surface area contributed by atoms with Gasteiger partial charge in [-0.2, -0.15) is 5.10 Å². The smallest absolute Gasteiger partial charge is 0.249 e. The van der Waals surface area contributed by atoms with Gasteiger partial charge in [-0.1, -0.05) is 12.1 Å². The van der Waals surface area contributed by atoms with Crippen LogP contribution >= 0.6 is 0 Å². The molecular weight excluding hydrogens is 423 g/mol. The highest BCUT2D eigenvalue weighted by Crippen LogP contribution is 2.36. The molecule has 2 N–H and O–H groups in total. The van der Waals surface area contributed by atoms with E-state index in [1.807, 2.05) is 44.1 Å². The van der Waals surface area contributed by atoms with Crippen molar-refractivity contribution in [1.82, 2.24) is 14.8 Å². The number of carbonyl (C=O) groups is 1. The summed E-state index contributed by atoms with van der Waals surface area (Å²) in [6.07, 6.45) is 3.45. The number of ether oxygens (including phenoxy) is 1. The number of benzene rings is 1. The van der Waals surface area contributed by atoms with Gasteiger partial charge in [-0.05, 0) is 38.0 Å². The molecule has 9 heteroatoms. The maximum Gasteiger partial charge on any atom is 0.249 e. The van der Waals surface area contributed by atoms with Gasteiger partial charge in [0.25, 0.3) is 0 Å². The van der Waals surface area contributed by atoms with Gasteiger partial charge >= 0.3 is 0 Å². The van der Waals surface area contributed by atoms with Crippen molar-refractivity contribution < 1.29 is 13.9 Å². The molecule has 8 nitrogen and oxygen atoms in total. The van der Waals surface area contributed by atoms with Crippen molar-refractivity contribution >= 4 is 23.1 Å². The molecule has 0 unspecified atom stereocenters. The van der Waals surface area contributed by atoms with Crippen LogP contribution in [0.3, 0.4) is 0 Å². The van der Waals surface area contributed by atoms with Crippen molar-refractivity contribution in [3.8, 4) is 0 Å². The molecule has 0 saturated carbocycles. The van der Waals surface area contributed by atoms with Crippen molar-refractivity contribution in [2.75, 3.05) is 29.7 Å². The Kier molecular flexibility index (Phi) is 6.33. The Labute approximate surface area is 192 Å². The quantitative estimate of drug-likeness (QED) is 0.571. The predicted molar refractivity (Wildman–Crippen MR) is 126 cm³/mol. The highest BCUT2D eigenvalue weighted by Gasteiger charge is 2.36. The number of methoxy groups -OCH3 is 1. The van der Waals surface area contributed by atoms with Crippen molar-refractivity contribution in [2.45, 2.75) is 46.0 Å². The van der Waals surface area contributed by atoms with Gasteiger partial charge in [-0.25, -0.2) is 9.37 Å². The lowest BCUT2D eigenvalue weighted by molar-refractivity contribution is -0.120. The second-order valence-electron chi connectivity index (χ2n) is 8.46. The predicted octanol–water partition coefficient (Wildman–Crippen LogP) is 3.49. The van der Waals surface area contributed by atoms with Crippen LogP contribution in [0.2, 0.25) is 0 Å². The Morgan fingerprint density at radius 2 is 2.06 bits per heavy atom. The Morgan fingerprint density at radius 1 is 1.27 bits per heavy atom. The van der Waals surface area contributed by atoms with Gasteiger partial charge in [-0.3, -0.25) is 9.48 Å². The fourth-order valence-corrected chi connectivity index (χ4v) is 4.06. The fourth-order valence-electron chi connectivity index (χ4n) is 4.06. The highest BCUT2D eigenvalue weighted by molar-refractivity contribution is 6.04. The molecular formula is C24H29FN6O2. The summed E-state index contributed by atoms with van der Waals surface area (Å²) < 4.78 is 21.0. The van der Waals surface area contributed by atoms with Crippen LogP contribution in [-0.2, 0) is 22.6 Å². The van der Waals surface area contributed by atoms with E-state index in [1.54, 1.807) is 37.0 Å². The van der Waals surface area contributed by atoms with E-state index >= 15 is 0 Å². The van der Waals surface area contributed by atoms with E-state index in [0.29, 0.717) is 30.2 Å². The molecule has 0 fully saturated rings. The molecule has 0 aliphatic carbocycles.